The molecular weight excluding hydrogens is 234 g/mol. The maximum Gasteiger partial charge on any atom is 0.396 e. The SMILES string of the molecule is CCCCOc1ccc(NC(=O)C(=O)OC)cc1. The molecule has 0 aromatic heterocycles. The number of carbonyl (C=O) groups excluding carboxylic acids is 2. The van der Waals surface area contributed by atoms with Crippen molar-refractivity contribution in [2.75, 3.05) is 19.0 Å². The molecule has 0 saturated carbocycles. The summed E-state index contributed by atoms with van der Waals surface area (Å²) in [5.74, 6) is -0.977. The van der Waals surface area contributed by atoms with E-state index in [-0.39, 0.29) is 0 Å². The van der Waals surface area contributed by atoms with Crippen LogP contribution in [0.25, 0.3) is 0 Å². The Morgan fingerprint density at radius 1 is 1.22 bits per heavy atom. The molecule has 1 aromatic rings. The van der Waals surface area contributed by atoms with Gasteiger partial charge in [0.25, 0.3) is 0 Å². The Morgan fingerprint density at radius 2 is 1.89 bits per heavy atom. The molecule has 0 bridgehead atoms. The van der Waals surface area contributed by atoms with E-state index in [4.69, 9.17) is 4.74 Å². The molecule has 1 amide bonds. The van der Waals surface area contributed by atoms with Gasteiger partial charge in [-0.25, -0.2) is 4.79 Å². The number of carbonyl (C=O) groups is 2. The van der Waals surface area contributed by atoms with Crippen LogP contribution in [0.1, 0.15) is 19.8 Å². The Kier molecular flexibility index (Phi) is 5.70. The van der Waals surface area contributed by atoms with Crippen LogP contribution in [0.2, 0.25) is 0 Å². The average Bonchev–Trinajstić information content (AvgIpc) is 2.40. The van der Waals surface area contributed by atoms with Gasteiger partial charge < -0.3 is 14.8 Å². The van der Waals surface area contributed by atoms with Crippen molar-refractivity contribution in [3.63, 3.8) is 0 Å². The van der Waals surface area contributed by atoms with Gasteiger partial charge in [-0.05, 0) is 30.7 Å². The minimum absolute atomic E-state index is 0.522. The van der Waals surface area contributed by atoms with Crippen LogP contribution in [-0.4, -0.2) is 25.6 Å². The van der Waals surface area contributed by atoms with Crippen molar-refractivity contribution in [1.82, 2.24) is 0 Å². The van der Waals surface area contributed by atoms with Crippen molar-refractivity contribution >= 4 is 17.6 Å². The maximum atomic E-state index is 11.2. The first kappa shape index (κ1) is 14.0. The summed E-state index contributed by atoms with van der Waals surface area (Å²) in [4.78, 5) is 22.1. The minimum atomic E-state index is -0.918. The number of esters is 1. The third-order valence-corrected chi connectivity index (χ3v) is 2.25. The van der Waals surface area contributed by atoms with Crippen molar-refractivity contribution in [3.8, 4) is 5.75 Å². The zero-order valence-electron chi connectivity index (χ0n) is 10.6. The second kappa shape index (κ2) is 7.32. The molecule has 0 atom stereocenters. The van der Waals surface area contributed by atoms with Gasteiger partial charge in [-0.2, -0.15) is 0 Å². The standard InChI is InChI=1S/C13H17NO4/c1-3-4-9-18-11-7-5-10(6-8-11)14-12(15)13(16)17-2/h5-8H,3-4,9H2,1-2H3,(H,14,15). The van der Waals surface area contributed by atoms with Crippen LogP contribution in [0.15, 0.2) is 24.3 Å². The first-order valence-electron chi connectivity index (χ1n) is 5.79. The summed E-state index contributed by atoms with van der Waals surface area (Å²) < 4.78 is 9.77. The normalized spacial score (nSPS) is 9.67. The predicted octanol–water partition coefficient (Wildman–Crippen LogP) is 1.98. The summed E-state index contributed by atoms with van der Waals surface area (Å²) in [5.41, 5.74) is 0.522. The fourth-order valence-corrected chi connectivity index (χ4v) is 1.24. The first-order valence-corrected chi connectivity index (χ1v) is 5.79. The van der Waals surface area contributed by atoms with Crippen LogP contribution in [0, 0.1) is 0 Å². The highest BCUT2D eigenvalue weighted by Gasteiger charge is 2.13. The van der Waals surface area contributed by atoms with Crippen molar-refractivity contribution in [2.45, 2.75) is 19.8 Å². The second-order valence-corrected chi connectivity index (χ2v) is 3.67. The summed E-state index contributed by atoms with van der Waals surface area (Å²) in [6.07, 6.45) is 2.08. The Bertz CT molecular complexity index is 400. The quantitative estimate of drug-likeness (QED) is 0.493. The lowest BCUT2D eigenvalue weighted by Crippen LogP contribution is -2.23. The number of hydrogen-bond acceptors (Lipinski definition) is 4. The zero-order valence-corrected chi connectivity index (χ0v) is 10.6. The fraction of sp³-hybridized carbons (Fsp3) is 0.385. The minimum Gasteiger partial charge on any atom is -0.494 e. The molecule has 0 aliphatic rings. The van der Waals surface area contributed by atoms with Gasteiger partial charge >= 0.3 is 11.9 Å². The molecule has 18 heavy (non-hydrogen) atoms. The van der Waals surface area contributed by atoms with Crippen LogP contribution in [-0.2, 0) is 14.3 Å². The topological polar surface area (TPSA) is 64.6 Å². The number of benzene rings is 1. The average molecular weight is 251 g/mol. The van der Waals surface area contributed by atoms with E-state index in [1.807, 2.05) is 0 Å². The number of methoxy groups -OCH3 is 1. The predicted molar refractivity (Wildman–Crippen MR) is 67.5 cm³/mol. The summed E-state index contributed by atoms with van der Waals surface area (Å²) in [7, 11) is 1.16. The van der Waals surface area contributed by atoms with Crippen molar-refractivity contribution in [1.29, 1.82) is 0 Å². The summed E-state index contributed by atoms with van der Waals surface area (Å²) in [6, 6.07) is 6.81. The molecule has 0 aliphatic heterocycles. The fourth-order valence-electron chi connectivity index (χ4n) is 1.24. The first-order chi connectivity index (χ1) is 8.67. The molecule has 0 heterocycles. The molecule has 0 aliphatic carbocycles. The van der Waals surface area contributed by atoms with Crippen LogP contribution in [0.4, 0.5) is 5.69 Å². The number of ether oxygens (including phenoxy) is 2. The zero-order chi connectivity index (χ0) is 13.4. The molecule has 0 radical (unpaired) electrons. The molecule has 1 aromatic carbocycles. The van der Waals surface area contributed by atoms with Crippen molar-refractivity contribution < 1.29 is 19.1 Å². The van der Waals surface area contributed by atoms with E-state index in [9.17, 15) is 9.59 Å². The molecule has 0 spiro atoms. The number of amides is 1. The number of hydrogen-bond donors (Lipinski definition) is 1. The van der Waals surface area contributed by atoms with Gasteiger partial charge in [0.2, 0.25) is 0 Å². The Labute approximate surface area is 106 Å². The third kappa shape index (κ3) is 4.45. The highest BCUT2D eigenvalue weighted by atomic mass is 16.5. The molecule has 98 valence electrons. The molecule has 5 heteroatoms. The molecular formula is C13H17NO4. The van der Waals surface area contributed by atoms with E-state index in [1.54, 1.807) is 24.3 Å². The molecule has 0 fully saturated rings. The van der Waals surface area contributed by atoms with Crippen LogP contribution >= 0.6 is 0 Å². The molecule has 1 N–H and O–H groups in total. The smallest absolute Gasteiger partial charge is 0.396 e. The maximum absolute atomic E-state index is 11.2. The van der Waals surface area contributed by atoms with Gasteiger partial charge in [-0.15, -0.1) is 0 Å². The van der Waals surface area contributed by atoms with Gasteiger partial charge in [0.05, 0.1) is 13.7 Å². The summed E-state index contributed by atoms with van der Waals surface area (Å²) in [5, 5.41) is 2.42. The van der Waals surface area contributed by atoms with Gasteiger partial charge in [0, 0.05) is 5.69 Å². The lowest BCUT2D eigenvalue weighted by Gasteiger charge is -2.07. The number of anilines is 1. The van der Waals surface area contributed by atoms with Crippen molar-refractivity contribution in [3.05, 3.63) is 24.3 Å². The molecule has 0 saturated heterocycles. The van der Waals surface area contributed by atoms with Gasteiger partial charge in [-0.3, -0.25) is 4.79 Å². The van der Waals surface area contributed by atoms with E-state index >= 15 is 0 Å². The largest absolute Gasteiger partial charge is 0.494 e. The lowest BCUT2D eigenvalue weighted by molar-refractivity contribution is -0.150. The van der Waals surface area contributed by atoms with E-state index in [0.717, 1.165) is 25.7 Å². The Morgan fingerprint density at radius 3 is 2.44 bits per heavy atom. The lowest BCUT2D eigenvalue weighted by atomic mass is 10.3. The van der Waals surface area contributed by atoms with Crippen LogP contribution < -0.4 is 10.1 Å². The van der Waals surface area contributed by atoms with E-state index < -0.39 is 11.9 Å². The summed E-state index contributed by atoms with van der Waals surface area (Å²) in [6.45, 7) is 2.76. The molecule has 0 unspecified atom stereocenters. The molecule has 1 rings (SSSR count). The van der Waals surface area contributed by atoms with E-state index in [2.05, 4.69) is 17.0 Å². The summed E-state index contributed by atoms with van der Waals surface area (Å²) >= 11 is 0. The van der Waals surface area contributed by atoms with Crippen LogP contribution in [0.5, 0.6) is 5.75 Å². The highest BCUT2D eigenvalue weighted by Crippen LogP contribution is 2.16. The Balaban J connectivity index is 2.49. The van der Waals surface area contributed by atoms with Gasteiger partial charge in [-0.1, -0.05) is 13.3 Å². The number of rotatable bonds is 5. The monoisotopic (exact) mass is 251 g/mol. The van der Waals surface area contributed by atoms with Crippen molar-refractivity contribution in [2.24, 2.45) is 0 Å². The number of nitrogens with one attached hydrogen (secondary N) is 1. The van der Waals surface area contributed by atoms with Gasteiger partial charge in [0.1, 0.15) is 5.75 Å². The van der Waals surface area contributed by atoms with E-state index in [1.165, 1.54) is 0 Å². The number of unbranched alkanes of at least 4 members (excludes halogenated alkanes) is 1. The Hall–Kier alpha value is -2.04. The van der Waals surface area contributed by atoms with E-state index in [0.29, 0.717) is 12.3 Å². The van der Waals surface area contributed by atoms with Gasteiger partial charge in [0.15, 0.2) is 0 Å². The second-order valence-electron chi connectivity index (χ2n) is 3.67. The third-order valence-electron chi connectivity index (χ3n) is 2.25. The highest BCUT2D eigenvalue weighted by molar-refractivity contribution is 6.37. The van der Waals surface area contributed by atoms with Crippen LogP contribution in [0.3, 0.4) is 0 Å². The molecule has 5 nitrogen and oxygen atoms in total.